The van der Waals surface area contributed by atoms with Crippen molar-refractivity contribution in [3.8, 4) is 0 Å². The molecule has 0 N–H and O–H groups in total. The summed E-state index contributed by atoms with van der Waals surface area (Å²) in [5.74, 6) is 1.29. The zero-order valence-corrected chi connectivity index (χ0v) is 8.59. The van der Waals surface area contributed by atoms with Crippen molar-refractivity contribution in [2.24, 2.45) is 0 Å². The third-order valence-corrected chi connectivity index (χ3v) is 4.62. The molecule has 1 atom stereocenters. The van der Waals surface area contributed by atoms with Gasteiger partial charge >= 0.3 is 0 Å². The molecule has 62 valence electrons. The Morgan fingerprint density at radius 3 is 2.27 bits per heavy atom. The van der Waals surface area contributed by atoms with Crippen LogP contribution >= 0.6 is 10.5 Å². The number of thiazole rings is 1. The maximum absolute atomic E-state index is 4.48. The van der Waals surface area contributed by atoms with Crippen LogP contribution < -0.4 is 0 Å². The van der Waals surface area contributed by atoms with Crippen LogP contribution in [-0.2, 0) is 5.75 Å². The smallest absolute Gasteiger partial charge is 0.202 e. The Bertz CT molecular complexity index is 250. The lowest BCUT2D eigenvalue weighted by atomic mass is 10.4. The molecule has 0 saturated heterocycles. The molecule has 0 aromatic carbocycles. The number of hydrogen-bond donors (Lipinski definition) is 0. The average molecular weight is 170 g/mol. The van der Waals surface area contributed by atoms with Crippen LogP contribution in [-0.4, -0.2) is 4.98 Å². The van der Waals surface area contributed by atoms with Gasteiger partial charge in [-0.05, 0) is 13.3 Å². The van der Waals surface area contributed by atoms with Gasteiger partial charge in [0.2, 0.25) is 5.01 Å². The number of aryl methyl sites for hydroxylation is 2. The minimum atomic E-state index is 0.383. The van der Waals surface area contributed by atoms with E-state index in [0.717, 1.165) is 0 Å². The highest BCUT2D eigenvalue weighted by Gasteiger charge is 2.17. The molecule has 0 saturated carbocycles. The minimum absolute atomic E-state index is 0.383. The summed E-state index contributed by atoms with van der Waals surface area (Å²) >= 11 is 0. The molecule has 1 nitrogen and oxygen atoms in total. The molecule has 2 heteroatoms. The predicted molar refractivity (Wildman–Crippen MR) is 51.2 cm³/mol. The van der Waals surface area contributed by atoms with Crippen LogP contribution in [0.2, 0.25) is 0 Å². The molecule has 11 heavy (non-hydrogen) atoms. The molecule has 0 spiro atoms. The Kier molecular flexibility index (Phi) is 2.66. The van der Waals surface area contributed by atoms with E-state index in [-0.39, 0.29) is 0 Å². The molecule has 0 aliphatic rings. The Hall–Kier alpha value is -0.370. The Morgan fingerprint density at radius 2 is 1.91 bits per heavy atom. The summed E-state index contributed by atoms with van der Waals surface area (Å²) in [6.07, 6.45) is 1.26. The fourth-order valence-electron chi connectivity index (χ4n) is 1.27. The van der Waals surface area contributed by atoms with Gasteiger partial charge in [-0.15, -0.1) is 0 Å². The van der Waals surface area contributed by atoms with Gasteiger partial charge in [0.05, 0.1) is 5.69 Å². The van der Waals surface area contributed by atoms with Gasteiger partial charge in [0.1, 0.15) is 5.75 Å². The molecule has 0 radical (unpaired) electrons. The second-order valence-corrected chi connectivity index (χ2v) is 5.26. The molecule has 1 rings (SSSR count). The quantitative estimate of drug-likeness (QED) is 0.621. The van der Waals surface area contributed by atoms with Gasteiger partial charge in [-0.3, -0.25) is 0 Å². The van der Waals surface area contributed by atoms with E-state index in [0.29, 0.717) is 10.5 Å². The van der Waals surface area contributed by atoms with Gasteiger partial charge in [0.15, 0.2) is 4.88 Å². The molecule has 0 bridgehead atoms. The van der Waals surface area contributed by atoms with Crippen molar-refractivity contribution in [1.29, 1.82) is 0 Å². The van der Waals surface area contributed by atoms with Crippen LogP contribution in [0.5, 0.6) is 0 Å². The standard InChI is InChI=1S/C9H16NS/c1-5-6-11-8(3)7(2)10-9(11)4/h5-6H2,1-4H3/q+1. The second-order valence-electron chi connectivity index (χ2n) is 2.87. The van der Waals surface area contributed by atoms with E-state index in [1.54, 1.807) is 0 Å². The molecular weight excluding hydrogens is 154 g/mol. The highest BCUT2D eigenvalue weighted by atomic mass is 32.2. The number of nitrogens with zero attached hydrogens (tertiary/aromatic N) is 1. The average Bonchev–Trinajstić information content (AvgIpc) is 2.17. The number of hydrogen-bond acceptors (Lipinski definition) is 1. The summed E-state index contributed by atoms with van der Waals surface area (Å²) in [4.78, 5) is 5.98. The normalized spacial score (nSPS) is 12.2. The van der Waals surface area contributed by atoms with E-state index in [1.165, 1.54) is 27.8 Å². The lowest BCUT2D eigenvalue weighted by molar-refractivity contribution is 1.03. The van der Waals surface area contributed by atoms with Gasteiger partial charge in [-0.1, -0.05) is 6.92 Å². The van der Waals surface area contributed by atoms with Crippen molar-refractivity contribution in [3.63, 3.8) is 0 Å². The summed E-state index contributed by atoms with van der Waals surface area (Å²) < 4.78 is 0. The van der Waals surface area contributed by atoms with Crippen LogP contribution in [0.15, 0.2) is 0 Å². The maximum Gasteiger partial charge on any atom is 0.239 e. The Balaban J connectivity index is 3.02. The third kappa shape index (κ3) is 1.62. The molecular formula is C9H16NS+. The first-order chi connectivity index (χ1) is 5.16. The Morgan fingerprint density at radius 1 is 1.27 bits per heavy atom. The van der Waals surface area contributed by atoms with Crippen molar-refractivity contribution >= 4 is 10.5 Å². The molecule has 1 aromatic heterocycles. The molecule has 1 aromatic rings. The summed E-state index contributed by atoms with van der Waals surface area (Å²) in [6.45, 7) is 8.72. The zero-order valence-electron chi connectivity index (χ0n) is 7.77. The van der Waals surface area contributed by atoms with Gasteiger partial charge in [-0.25, -0.2) is 4.98 Å². The number of aromatic nitrogens is 1. The lowest BCUT2D eigenvalue weighted by Crippen LogP contribution is -1.74. The topological polar surface area (TPSA) is 12.9 Å². The van der Waals surface area contributed by atoms with Gasteiger partial charge in [-0.2, -0.15) is 0 Å². The Labute approximate surface area is 71.4 Å². The minimum Gasteiger partial charge on any atom is -0.202 e. The SMILES string of the molecule is CCC[s+]1c(C)nc(C)c1C. The summed E-state index contributed by atoms with van der Waals surface area (Å²) in [5.41, 5.74) is 1.25. The summed E-state index contributed by atoms with van der Waals surface area (Å²) in [5, 5.41) is 1.34. The highest BCUT2D eigenvalue weighted by Crippen LogP contribution is 2.31. The van der Waals surface area contributed by atoms with Gasteiger partial charge in [0, 0.05) is 24.3 Å². The van der Waals surface area contributed by atoms with Crippen LogP contribution in [0, 0.1) is 20.8 Å². The largest absolute Gasteiger partial charge is 0.239 e. The molecule has 1 heterocycles. The van der Waals surface area contributed by atoms with Crippen LogP contribution in [0.1, 0.15) is 28.9 Å². The molecule has 0 fully saturated rings. The first-order valence-corrected chi connectivity index (χ1v) is 5.50. The first kappa shape index (κ1) is 8.72. The summed E-state index contributed by atoms with van der Waals surface area (Å²) in [6, 6.07) is 0. The van der Waals surface area contributed by atoms with Crippen molar-refractivity contribution in [3.05, 3.63) is 15.6 Å². The van der Waals surface area contributed by atoms with E-state index < -0.39 is 0 Å². The maximum atomic E-state index is 4.48. The van der Waals surface area contributed by atoms with Crippen molar-refractivity contribution < 1.29 is 0 Å². The summed E-state index contributed by atoms with van der Waals surface area (Å²) in [7, 11) is 0.383. The van der Waals surface area contributed by atoms with Crippen LogP contribution in [0.3, 0.4) is 0 Å². The molecule has 0 aliphatic carbocycles. The van der Waals surface area contributed by atoms with Gasteiger partial charge in [0.25, 0.3) is 0 Å². The van der Waals surface area contributed by atoms with E-state index in [2.05, 4.69) is 32.7 Å². The third-order valence-electron chi connectivity index (χ3n) is 1.97. The number of rotatable bonds is 2. The molecule has 0 amide bonds. The fourth-order valence-corrected chi connectivity index (χ4v) is 3.38. The molecule has 1 unspecified atom stereocenters. The highest BCUT2D eigenvalue weighted by molar-refractivity contribution is 7.30. The van der Waals surface area contributed by atoms with E-state index in [9.17, 15) is 0 Å². The second kappa shape index (κ2) is 3.35. The van der Waals surface area contributed by atoms with Crippen molar-refractivity contribution in [2.45, 2.75) is 39.9 Å². The monoisotopic (exact) mass is 170 g/mol. The molecule has 0 aliphatic heterocycles. The predicted octanol–water partition coefficient (Wildman–Crippen LogP) is 3.17. The van der Waals surface area contributed by atoms with E-state index in [1.807, 2.05) is 0 Å². The first-order valence-electron chi connectivity index (χ1n) is 4.10. The zero-order chi connectivity index (χ0) is 8.43. The van der Waals surface area contributed by atoms with E-state index >= 15 is 0 Å². The van der Waals surface area contributed by atoms with Crippen molar-refractivity contribution in [1.82, 2.24) is 4.98 Å². The van der Waals surface area contributed by atoms with Crippen LogP contribution in [0.25, 0.3) is 0 Å². The van der Waals surface area contributed by atoms with Gasteiger partial charge < -0.3 is 0 Å². The van der Waals surface area contributed by atoms with E-state index in [4.69, 9.17) is 0 Å². The van der Waals surface area contributed by atoms with Crippen molar-refractivity contribution in [2.75, 3.05) is 0 Å². The van der Waals surface area contributed by atoms with Crippen LogP contribution in [0.4, 0.5) is 0 Å². The fraction of sp³-hybridized carbons (Fsp3) is 0.667. The lowest BCUT2D eigenvalue weighted by Gasteiger charge is -1.87.